The summed E-state index contributed by atoms with van der Waals surface area (Å²) < 4.78 is 27.0. The predicted molar refractivity (Wildman–Crippen MR) is 159 cm³/mol. The van der Waals surface area contributed by atoms with Crippen molar-refractivity contribution < 1.29 is 33.0 Å². The Hall–Kier alpha value is -5.02. The summed E-state index contributed by atoms with van der Waals surface area (Å²) in [6.45, 7) is 1.73. The van der Waals surface area contributed by atoms with E-state index < -0.39 is 11.8 Å². The summed E-state index contributed by atoms with van der Waals surface area (Å²) in [5, 5.41) is 19.5. The molecule has 0 fully saturated rings. The van der Waals surface area contributed by atoms with Crippen LogP contribution in [-0.2, 0) is 9.59 Å². The number of benzene rings is 2. The van der Waals surface area contributed by atoms with Crippen LogP contribution in [0.1, 0.15) is 18.6 Å². The van der Waals surface area contributed by atoms with Gasteiger partial charge in [-0.05, 0) is 43.3 Å². The van der Waals surface area contributed by atoms with Crippen molar-refractivity contribution in [3.63, 3.8) is 0 Å². The lowest BCUT2D eigenvalue weighted by Crippen LogP contribution is -2.31. The highest BCUT2D eigenvalue weighted by Gasteiger charge is 2.37. The van der Waals surface area contributed by atoms with Gasteiger partial charge in [0.15, 0.2) is 0 Å². The van der Waals surface area contributed by atoms with E-state index in [4.69, 9.17) is 23.4 Å². The van der Waals surface area contributed by atoms with E-state index in [0.29, 0.717) is 50.9 Å². The maximum atomic E-state index is 13.7. The number of thioether (sulfide) groups is 1. The molecule has 1 atom stereocenters. The fourth-order valence-corrected chi connectivity index (χ4v) is 5.30. The molecule has 0 saturated carbocycles. The van der Waals surface area contributed by atoms with Crippen LogP contribution in [0.3, 0.4) is 0 Å². The maximum Gasteiger partial charge on any atom is 0.254 e. The van der Waals surface area contributed by atoms with Gasteiger partial charge in [-0.15, -0.1) is 0 Å². The Kier molecular flexibility index (Phi) is 9.67. The van der Waals surface area contributed by atoms with Gasteiger partial charge in [0.05, 0.1) is 80.0 Å². The first-order chi connectivity index (χ1) is 20.3. The smallest absolute Gasteiger partial charge is 0.254 e. The SMILES string of the molecule is COc1ccc(OC)c(NC(=O)CSC2=C(C#N)[C@H](c3ccco3)C(C(=O)Nc3cc(OC)ccc3OC)=C(C)N2)c1. The Labute approximate surface area is 247 Å². The largest absolute Gasteiger partial charge is 0.497 e. The van der Waals surface area contributed by atoms with Crippen LogP contribution in [0.4, 0.5) is 11.4 Å². The topological polar surface area (TPSA) is 144 Å². The minimum atomic E-state index is -0.827. The summed E-state index contributed by atoms with van der Waals surface area (Å²) in [4.78, 5) is 26.6. The molecule has 1 aromatic heterocycles. The van der Waals surface area contributed by atoms with Gasteiger partial charge in [0, 0.05) is 17.8 Å². The van der Waals surface area contributed by atoms with E-state index in [1.54, 1.807) is 55.5 Å². The minimum absolute atomic E-state index is 0.0332. The van der Waals surface area contributed by atoms with Gasteiger partial charge in [-0.25, -0.2) is 0 Å². The number of carbonyl (C=O) groups is 2. The average Bonchev–Trinajstić information content (AvgIpc) is 3.54. The summed E-state index contributed by atoms with van der Waals surface area (Å²) in [5.74, 6) is 0.743. The summed E-state index contributed by atoms with van der Waals surface area (Å²) in [7, 11) is 6.05. The first-order valence-electron chi connectivity index (χ1n) is 12.7. The number of nitriles is 1. The molecule has 11 nitrogen and oxygen atoms in total. The molecule has 0 unspecified atom stereocenters. The molecule has 218 valence electrons. The van der Waals surface area contributed by atoms with Gasteiger partial charge in [0.25, 0.3) is 5.91 Å². The Balaban J connectivity index is 1.60. The van der Waals surface area contributed by atoms with E-state index in [9.17, 15) is 14.9 Å². The van der Waals surface area contributed by atoms with Crippen LogP contribution >= 0.6 is 11.8 Å². The van der Waals surface area contributed by atoms with Gasteiger partial charge in [0.2, 0.25) is 5.91 Å². The number of hydrogen-bond acceptors (Lipinski definition) is 10. The van der Waals surface area contributed by atoms with Crippen LogP contribution in [0.15, 0.2) is 81.1 Å². The van der Waals surface area contributed by atoms with E-state index in [1.165, 1.54) is 34.7 Å². The van der Waals surface area contributed by atoms with Gasteiger partial charge >= 0.3 is 0 Å². The molecule has 2 aromatic carbocycles. The van der Waals surface area contributed by atoms with Crippen LogP contribution < -0.4 is 34.9 Å². The van der Waals surface area contributed by atoms with E-state index in [1.807, 2.05) is 0 Å². The number of amides is 2. The average molecular weight is 591 g/mol. The molecule has 3 aromatic rings. The van der Waals surface area contributed by atoms with Crippen molar-refractivity contribution in [2.75, 3.05) is 44.8 Å². The van der Waals surface area contributed by atoms with Crippen molar-refractivity contribution in [3.05, 3.63) is 82.4 Å². The van der Waals surface area contributed by atoms with E-state index in [2.05, 4.69) is 22.0 Å². The van der Waals surface area contributed by atoms with Crippen molar-refractivity contribution >= 4 is 35.0 Å². The molecule has 0 saturated heterocycles. The van der Waals surface area contributed by atoms with Gasteiger partial charge in [0.1, 0.15) is 28.8 Å². The van der Waals surface area contributed by atoms with E-state index in [0.717, 1.165) is 11.8 Å². The molecule has 4 rings (SSSR count). The molecule has 42 heavy (non-hydrogen) atoms. The fraction of sp³-hybridized carbons (Fsp3) is 0.233. The number of ether oxygens (including phenoxy) is 4. The van der Waals surface area contributed by atoms with Crippen molar-refractivity contribution in [2.24, 2.45) is 0 Å². The number of allylic oxidation sites excluding steroid dienone is 2. The lowest BCUT2D eigenvalue weighted by molar-refractivity contribution is -0.114. The van der Waals surface area contributed by atoms with Crippen molar-refractivity contribution in [1.29, 1.82) is 5.26 Å². The highest BCUT2D eigenvalue weighted by Crippen LogP contribution is 2.42. The number of nitrogens with one attached hydrogen (secondary N) is 3. The first kappa shape index (κ1) is 30.0. The normalized spacial score (nSPS) is 14.4. The molecule has 0 spiro atoms. The third kappa shape index (κ3) is 6.47. The maximum absolute atomic E-state index is 13.7. The zero-order valence-corrected chi connectivity index (χ0v) is 24.5. The molecule has 2 amide bonds. The minimum Gasteiger partial charge on any atom is -0.497 e. The Morgan fingerprint density at radius 2 is 1.57 bits per heavy atom. The molecule has 1 aliphatic rings. The number of carbonyl (C=O) groups excluding carboxylic acids is 2. The number of hydrogen-bond donors (Lipinski definition) is 3. The second kappa shape index (κ2) is 13.6. The van der Waals surface area contributed by atoms with Crippen molar-refractivity contribution in [3.8, 4) is 29.1 Å². The highest BCUT2D eigenvalue weighted by molar-refractivity contribution is 8.03. The first-order valence-corrected chi connectivity index (χ1v) is 13.7. The molecule has 12 heteroatoms. The van der Waals surface area contributed by atoms with Crippen LogP contribution in [0.25, 0.3) is 0 Å². The van der Waals surface area contributed by atoms with Crippen molar-refractivity contribution in [2.45, 2.75) is 12.8 Å². The van der Waals surface area contributed by atoms with Crippen LogP contribution in [0.5, 0.6) is 23.0 Å². The summed E-state index contributed by atoms with van der Waals surface area (Å²) in [6, 6.07) is 15.7. The van der Waals surface area contributed by atoms with Gasteiger partial charge in [-0.1, -0.05) is 11.8 Å². The standard InChI is InChI=1S/C30H30N4O7S/c1-17-27(29(36)34-22-14-19(38-3)9-11-24(22)40-5)28(25-7-6-12-41-25)20(15-31)30(32-17)42-16-26(35)33-21-13-18(37-2)8-10-23(21)39-4/h6-14,28,32H,16H2,1-5H3,(H,33,35)(H,34,36)/t28-/m1/s1. The fourth-order valence-electron chi connectivity index (χ4n) is 4.40. The quantitative estimate of drug-likeness (QED) is 0.278. The zero-order chi connectivity index (χ0) is 30.2. The number of anilines is 2. The third-order valence-electron chi connectivity index (χ3n) is 6.40. The Morgan fingerprint density at radius 3 is 2.10 bits per heavy atom. The Morgan fingerprint density at radius 1 is 0.952 bits per heavy atom. The molecule has 0 radical (unpaired) electrons. The summed E-state index contributed by atoms with van der Waals surface area (Å²) >= 11 is 1.13. The third-order valence-corrected chi connectivity index (χ3v) is 7.42. The van der Waals surface area contributed by atoms with Gasteiger partial charge in [-0.2, -0.15) is 5.26 Å². The number of dihydropyridines is 1. The second-order valence-corrected chi connectivity index (χ2v) is 9.88. The molecular formula is C30H30N4O7S. The van der Waals surface area contributed by atoms with E-state index >= 15 is 0 Å². The molecular weight excluding hydrogens is 560 g/mol. The molecule has 0 aliphatic carbocycles. The molecule has 0 bridgehead atoms. The summed E-state index contributed by atoms with van der Waals surface area (Å²) in [6.07, 6.45) is 1.48. The van der Waals surface area contributed by atoms with Crippen LogP contribution in [-0.4, -0.2) is 46.0 Å². The number of furan rings is 1. The van der Waals surface area contributed by atoms with Gasteiger partial charge in [-0.3, -0.25) is 9.59 Å². The molecule has 3 N–H and O–H groups in total. The predicted octanol–water partition coefficient (Wildman–Crippen LogP) is 5.02. The lowest BCUT2D eigenvalue weighted by atomic mass is 9.85. The number of methoxy groups -OCH3 is 4. The zero-order valence-electron chi connectivity index (χ0n) is 23.7. The second-order valence-electron chi connectivity index (χ2n) is 8.89. The van der Waals surface area contributed by atoms with Crippen molar-refractivity contribution in [1.82, 2.24) is 5.32 Å². The monoisotopic (exact) mass is 590 g/mol. The molecule has 2 heterocycles. The Bertz CT molecular complexity index is 1570. The van der Waals surface area contributed by atoms with Gasteiger partial charge < -0.3 is 39.3 Å². The number of nitrogens with zero attached hydrogens (tertiary/aromatic N) is 1. The lowest BCUT2D eigenvalue weighted by Gasteiger charge is -2.28. The highest BCUT2D eigenvalue weighted by atomic mass is 32.2. The number of rotatable bonds is 11. The van der Waals surface area contributed by atoms with Crippen LogP contribution in [0, 0.1) is 11.3 Å². The molecule has 1 aliphatic heterocycles. The summed E-state index contributed by atoms with van der Waals surface area (Å²) in [5.41, 5.74) is 1.85. The van der Waals surface area contributed by atoms with E-state index in [-0.39, 0.29) is 22.8 Å². The van der Waals surface area contributed by atoms with Crippen LogP contribution in [0.2, 0.25) is 0 Å².